The predicted molar refractivity (Wildman–Crippen MR) is 101 cm³/mol. The van der Waals surface area contributed by atoms with Gasteiger partial charge in [-0.15, -0.1) is 5.10 Å². The molecule has 0 radical (unpaired) electrons. The highest BCUT2D eigenvalue weighted by Gasteiger charge is 2.27. The number of fused-ring (bicyclic) bond motifs is 1. The van der Waals surface area contributed by atoms with Gasteiger partial charge in [-0.05, 0) is 19.1 Å². The molecule has 1 saturated heterocycles. The minimum absolute atomic E-state index is 0.203. The highest BCUT2D eigenvalue weighted by atomic mass is 16.6. The molecule has 0 saturated carbocycles. The molecule has 1 aromatic heterocycles. The van der Waals surface area contributed by atoms with Crippen LogP contribution in [0, 0.1) is 0 Å². The van der Waals surface area contributed by atoms with Crippen LogP contribution in [-0.2, 0) is 11.3 Å². The maximum absolute atomic E-state index is 12.7. The first-order valence-corrected chi connectivity index (χ1v) is 9.63. The molecule has 29 heavy (non-hydrogen) atoms. The number of aromatic nitrogens is 3. The van der Waals surface area contributed by atoms with Gasteiger partial charge in [-0.1, -0.05) is 17.3 Å². The Balaban J connectivity index is 1.31. The lowest BCUT2D eigenvalue weighted by atomic mass is 10.2. The Bertz CT molecular complexity index is 877. The Kier molecular flexibility index (Phi) is 5.50. The van der Waals surface area contributed by atoms with Gasteiger partial charge in [-0.3, -0.25) is 4.79 Å². The van der Waals surface area contributed by atoms with Crippen molar-refractivity contribution >= 4 is 12.0 Å². The van der Waals surface area contributed by atoms with Gasteiger partial charge in [-0.25, -0.2) is 9.48 Å². The molecule has 0 spiro atoms. The van der Waals surface area contributed by atoms with Crippen molar-refractivity contribution in [3.8, 4) is 11.5 Å². The van der Waals surface area contributed by atoms with E-state index in [-0.39, 0.29) is 23.8 Å². The lowest BCUT2D eigenvalue weighted by Gasteiger charge is -2.33. The SMILES string of the molecule is CCOC(=O)N1CCN(C(=O)c2cn(C[C@@H]3COc4ccccc4O3)nn2)CC1. The molecular formula is C19H23N5O5. The van der Waals surface area contributed by atoms with Crippen LogP contribution in [0.3, 0.4) is 0 Å². The molecule has 3 heterocycles. The van der Waals surface area contributed by atoms with Gasteiger partial charge < -0.3 is 24.0 Å². The predicted octanol–water partition coefficient (Wildman–Crippen LogP) is 1.03. The second-order valence-corrected chi connectivity index (χ2v) is 6.80. The molecular weight excluding hydrogens is 378 g/mol. The van der Waals surface area contributed by atoms with Crippen LogP contribution in [0.25, 0.3) is 0 Å². The maximum atomic E-state index is 12.7. The molecule has 0 bridgehead atoms. The van der Waals surface area contributed by atoms with Crippen LogP contribution in [0.5, 0.6) is 11.5 Å². The van der Waals surface area contributed by atoms with E-state index in [4.69, 9.17) is 14.2 Å². The topological polar surface area (TPSA) is 99.0 Å². The summed E-state index contributed by atoms with van der Waals surface area (Å²) < 4.78 is 18.2. The first kappa shape index (κ1) is 19.0. The van der Waals surface area contributed by atoms with Crippen LogP contribution < -0.4 is 9.47 Å². The van der Waals surface area contributed by atoms with E-state index < -0.39 is 0 Å². The summed E-state index contributed by atoms with van der Waals surface area (Å²) in [6.07, 6.45) is 1.05. The number of piperazine rings is 1. The zero-order chi connectivity index (χ0) is 20.2. The monoisotopic (exact) mass is 401 g/mol. The Labute approximate surface area is 167 Å². The average Bonchev–Trinajstić information content (AvgIpc) is 3.22. The lowest BCUT2D eigenvalue weighted by molar-refractivity contribution is 0.0565. The summed E-state index contributed by atoms with van der Waals surface area (Å²) in [4.78, 5) is 27.7. The second-order valence-electron chi connectivity index (χ2n) is 6.80. The van der Waals surface area contributed by atoms with E-state index in [1.807, 2.05) is 24.3 Å². The summed E-state index contributed by atoms with van der Waals surface area (Å²) in [5.74, 6) is 1.21. The highest BCUT2D eigenvalue weighted by Crippen LogP contribution is 2.31. The molecule has 1 fully saturated rings. The fourth-order valence-corrected chi connectivity index (χ4v) is 3.32. The van der Waals surface area contributed by atoms with Crippen LogP contribution in [0.2, 0.25) is 0 Å². The average molecular weight is 401 g/mol. The summed E-state index contributed by atoms with van der Waals surface area (Å²) in [5, 5.41) is 8.05. The Morgan fingerprint density at radius 2 is 1.86 bits per heavy atom. The number of amides is 2. The quantitative estimate of drug-likeness (QED) is 0.755. The van der Waals surface area contributed by atoms with E-state index in [1.54, 1.807) is 27.6 Å². The van der Waals surface area contributed by atoms with Gasteiger partial charge in [0.25, 0.3) is 5.91 Å². The fourth-order valence-electron chi connectivity index (χ4n) is 3.32. The second kappa shape index (κ2) is 8.38. The van der Waals surface area contributed by atoms with Crippen molar-refractivity contribution in [3.05, 3.63) is 36.2 Å². The fraction of sp³-hybridized carbons (Fsp3) is 0.474. The summed E-state index contributed by atoms with van der Waals surface area (Å²) >= 11 is 0. The van der Waals surface area contributed by atoms with Crippen molar-refractivity contribution < 1.29 is 23.8 Å². The number of para-hydroxylation sites is 2. The molecule has 2 aromatic rings. The number of carbonyl (C=O) groups excluding carboxylic acids is 2. The van der Waals surface area contributed by atoms with Gasteiger partial charge in [0.05, 0.1) is 19.3 Å². The minimum Gasteiger partial charge on any atom is -0.486 e. The van der Waals surface area contributed by atoms with Gasteiger partial charge >= 0.3 is 6.09 Å². The maximum Gasteiger partial charge on any atom is 0.409 e. The van der Waals surface area contributed by atoms with Crippen LogP contribution in [0.1, 0.15) is 17.4 Å². The van der Waals surface area contributed by atoms with Gasteiger partial charge in [-0.2, -0.15) is 0 Å². The standard InChI is InChI=1S/C19H23N5O5/c1-2-27-19(26)23-9-7-22(8-10-23)18(25)15-12-24(21-20-15)11-14-13-28-16-5-3-4-6-17(16)29-14/h3-6,12,14H,2,7-11,13H2,1H3/t14-/m1/s1. The summed E-state index contributed by atoms with van der Waals surface area (Å²) in [5.41, 5.74) is 0.270. The van der Waals surface area contributed by atoms with Crippen molar-refractivity contribution in [2.75, 3.05) is 39.4 Å². The van der Waals surface area contributed by atoms with Crippen molar-refractivity contribution in [2.24, 2.45) is 0 Å². The smallest absolute Gasteiger partial charge is 0.409 e. The van der Waals surface area contributed by atoms with E-state index >= 15 is 0 Å². The van der Waals surface area contributed by atoms with Crippen LogP contribution in [-0.4, -0.2) is 82.3 Å². The Morgan fingerprint density at radius 1 is 1.14 bits per heavy atom. The lowest BCUT2D eigenvalue weighted by Crippen LogP contribution is -2.50. The molecule has 4 rings (SSSR count). The first-order valence-electron chi connectivity index (χ1n) is 9.63. The highest BCUT2D eigenvalue weighted by molar-refractivity contribution is 5.92. The molecule has 10 nitrogen and oxygen atoms in total. The summed E-state index contributed by atoms with van der Waals surface area (Å²) in [7, 11) is 0. The largest absolute Gasteiger partial charge is 0.486 e. The molecule has 2 aliphatic heterocycles. The van der Waals surface area contributed by atoms with E-state index in [1.165, 1.54) is 0 Å². The third-order valence-electron chi connectivity index (χ3n) is 4.81. The normalized spacial score (nSPS) is 18.4. The van der Waals surface area contributed by atoms with Crippen LogP contribution in [0.4, 0.5) is 4.79 Å². The van der Waals surface area contributed by atoms with Gasteiger partial charge in [0.1, 0.15) is 6.61 Å². The summed E-state index contributed by atoms with van der Waals surface area (Å²) in [6, 6.07) is 7.50. The summed E-state index contributed by atoms with van der Waals surface area (Å²) in [6.45, 7) is 4.66. The molecule has 1 atom stereocenters. The van der Waals surface area contributed by atoms with Crippen molar-refractivity contribution in [1.82, 2.24) is 24.8 Å². The molecule has 2 aliphatic rings. The van der Waals surface area contributed by atoms with Crippen molar-refractivity contribution in [1.29, 1.82) is 0 Å². The van der Waals surface area contributed by atoms with Gasteiger partial charge in [0, 0.05) is 26.2 Å². The van der Waals surface area contributed by atoms with Crippen LogP contribution in [0.15, 0.2) is 30.5 Å². The number of hydrogen-bond acceptors (Lipinski definition) is 7. The van der Waals surface area contributed by atoms with Gasteiger partial charge in [0.2, 0.25) is 0 Å². The molecule has 154 valence electrons. The number of benzene rings is 1. The number of nitrogens with zero attached hydrogens (tertiary/aromatic N) is 5. The van der Waals surface area contributed by atoms with Crippen molar-refractivity contribution in [3.63, 3.8) is 0 Å². The molecule has 1 aromatic carbocycles. The van der Waals surface area contributed by atoms with E-state index in [0.717, 1.165) is 5.75 Å². The van der Waals surface area contributed by atoms with E-state index in [2.05, 4.69) is 10.3 Å². The Hall–Kier alpha value is -3.30. The number of carbonyl (C=O) groups is 2. The minimum atomic E-state index is -0.346. The molecule has 0 N–H and O–H groups in total. The third-order valence-corrected chi connectivity index (χ3v) is 4.81. The van der Waals surface area contributed by atoms with E-state index in [9.17, 15) is 9.59 Å². The first-order chi connectivity index (χ1) is 14.1. The number of ether oxygens (including phenoxy) is 3. The molecule has 0 aliphatic carbocycles. The zero-order valence-corrected chi connectivity index (χ0v) is 16.2. The van der Waals surface area contributed by atoms with Crippen LogP contribution >= 0.6 is 0 Å². The van der Waals surface area contributed by atoms with E-state index in [0.29, 0.717) is 51.7 Å². The zero-order valence-electron chi connectivity index (χ0n) is 16.2. The molecule has 10 heteroatoms. The Morgan fingerprint density at radius 3 is 2.62 bits per heavy atom. The number of rotatable bonds is 4. The third kappa shape index (κ3) is 4.25. The van der Waals surface area contributed by atoms with Crippen molar-refractivity contribution in [2.45, 2.75) is 19.6 Å². The van der Waals surface area contributed by atoms with Gasteiger partial charge in [0.15, 0.2) is 23.3 Å². The molecule has 2 amide bonds. The molecule has 0 unspecified atom stereocenters. The number of hydrogen-bond donors (Lipinski definition) is 0.